The number of carbonyl (C=O) groups excluding carboxylic acids is 1. The molecule has 0 aliphatic heterocycles. The molecule has 18 heavy (non-hydrogen) atoms. The first-order valence-corrected chi connectivity index (χ1v) is 8.43. The third-order valence-electron chi connectivity index (χ3n) is 2.96. The van der Waals surface area contributed by atoms with E-state index in [1.54, 1.807) is 4.90 Å². The molecule has 0 heterocycles. The summed E-state index contributed by atoms with van der Waals surface area (Å²) in [6.07, 6.45) is 2.02. The lowest BCUT2D eigenvalue weighted by atomic mass is 10.2. The van der Waals surface area contributed by atoms with Gasteiger partial charge in [-0.1, -0.05) is 13.8 Å². The van der Waals surface area contributed by atoms with Gasteiger partial charge in [0, 0.05) is 35.7 Å². The zero-order chi connectivity index (χ0) is 14.0. The Morgan fingerprint density at radius 2 is 1.83 bits per heavy atom. The van der Waals surface area contributed by atoms with Crippen LogP contribution in [0.15, 0.2) is 0 Å². The minimum absolute atomic E-state index is 0.00341. The van der Waals surface area contributed by atoms with Gasteiger partial charge in [0.05, 0.1) is 0 Å². The van der Waals surface area contributed by atoms with Gasteiger partial charge in [-0.05, 0) is 33.2 Å². The molecular formula is C13H28N2O2S. The zero-order valence-electron chi connectivity index (χ0n) is 12.2. The summed E-state index contributed by atoms with van der Waals surface area (Å²) in [5, 5.41) is 3.36. The average molecular weight is 276 g/mol. The smallest absolute Gasteiger partial charge is 0.235 e. The molecule has 0 spiro atoms. The van der Waals surface area contributed by atoms with E-state index in [1.165, 1.54) is 0 Å². The number of amides is 1. The average Bonchev–Trinajstić information content (AvgIpc) is 2.35. The second kappa shape index (κ2) is 10.5. The first-order valence-electron chi connectivity index (χ1n) is 6.94. The number of hydrogen-bond acceptors (Lipinski definition) is 3. The summed E-state index contributed by atoms with van der Waals surface area (Å²) in [4.78, 5) is 13.5. The van der Waals surface area contributed by atoms with Crippen LogP contribution in [0.25, 0.3) is 0 Å². The Labute approximate surface area is 114 Å². The van der Waals surface area contributed by atoms with Crippen molar-refractivity contribution in [3.63, 3.8) is 0 Å². The standard InChI is InChI=1S/C13H28N2O2S/c1-5-9-14-12(6-2)10-18(17)11-13(16)15(7-3)8-4/h12,14H,5-11H2,1-4H3. The van der Waals surface area contributed by atoms with E-state index in [2.05, 4.69) is 19.2 Å². The highest BCUT2D eigenvalue weighted by atomic mass is 32.2. The molecule has 0 aromatic carbocycles. The lowest BCUT2D eigenvalue weighted by molar-refractivity contribution is -0.128. The summed E-state index contributed by atoms with van der Waals surface area (Å²) in [5.74, 6) is 0.735. The van der Waals surface area contributed by atoms with Gasteiger partial charge in [-0.3, -0.25) is 9.00 Å². The van der Waals surface area contributed by atoms with E-state index in [-0.39, 0.29) is 17.7 Å². The highest BCUT2D eigenvalue weighted by Gasteiger charge is 2.16. The van der Waals surface area contributed by atoms with Crippen molar-refractivity contribution < 1.29 is 9.00 Å². The van der Waals surface area contributed by atoms with Gasteiger partial charge >= 0.3 is 0 Å². The Kier molecular flexibility index (Phi) is 10.3. The Hall–Kier alpha value is -0.420. The predicted octanol–water partition coefficient (Wildman–Crippen LogP) is 1.38. The van der Waals surface area contributed by atoms with E-state index >= 15 is 0 Å². The predicted molar refractivity (Wildman–Crippen MR) is 78.2 cm³/mol. The molecule has 1 amide bonds. The normalized spacial score (nSPS) is 14.2. The van der Waals surface area contributed by atoms with Crippen LogP contribution in [0.1, 0.15) is 40.5 Å². The van der Waals surface area contributed by atoms with Crippen molar-refractivity contribution in [3.05, 3.63) is 0 Å². The van der Waals surface area contributed by atoms with Crippen LogP contribution in [-0.4, -0.2) is 52.2 Å². The van der Waals surface area contributed by atoms with Crippen LogP contribution in [-0.2, 0) is 15.6 Å². The van der Waals surface area contributed by atoms with Gasteiger partial charge in [-0.25, -0.2) is 0 Å². The number of rotatable bonds is 10. The maximum absolute atomic E-state index is 11.9. The second-order valence-corrected chi connectivity index (χ2v) is 5.88. The van der Waals surface area contributed by atoms with Crippen molar-refractivity contribution in [2.24, 2.45) is 0 Å². The molecule has 0 aliphatic carbocycles. The van der Waals surface area contributed by atoms with Gasteiger partial charge in [0.1, 0.15) is 5.75 Å². The quantitative estimate of drug-likeness (QED) is 0.656. The highest BCUT2D eigenvalue weighted by molar-refractivity contribution is 7.85. The summed E-state index contributed by atoms with van der Waals surface area (Å²) in [5.41, 5.74) is 0. The summed E-state index contributed by atoms with van der Waals surface area (Å²) < 4.78 is 11.9. The number of hydrogen-bond donors (Lipinski definition) is 1. The molecule has 1 N–H and O–H groups in total. The van der Waals surface area contributed by atoms with E-state index in [4.69, 9.17) is 0 Å². The molecule has 0 aromatic rings. The van der Waals surface area contributed by atoms with Crippen molar-refractivity contribution in [3.8, 4) is 0 Å². The molecule has 0 aliphatic rings. The fourth-order valence-electron chi connectivity index (χ4n) is 1.76. The summed E-state index contributed by atoms with van der Waals surface area (Å²) in [6, 6.07) is 0.260. The van der Waals surface area contributed by atoms with Gasteiger partial charge in [-0.15, -0.1) is 0 Å². The van der Waals surface area contributed by atoms with Crippen LogP contribution in [0.2, 0.25) is 0 Å². The van der Waals surface area contributed by atoms with Gasteiger partial charge in [0.2, 0.25) is 5.91 Å². The molecule has 5 heteroatoms. The third-order valence-corrected chi connectivity index (χ3v) is 4.31. The highest BCUT2D eigenvalue weighted by Crippen LogP contribution is 1.98. The van der Waals surface area contributed by atoms with Gasteiger partial charge in [0.15, 0.2) is 0 Å². The molecule has 0 saturated carbocycles. The van der Waals surface area contributed by atoms with Gasteiger partial charge in [0.25, 0.3) is 0 Å². The monoisotopic (exact) mass is 276 g/mol. The van der Waals surface area contributed by atoms with Crippen molar-refractivity contribution in [2.75, 3.05) is 31.1 Å². The van der Waals surface area contributed by atoms with E-state index in [1.807, 2.05) is 13.8 Å². The van der Waals surface area contributed by atoms with Crippen LogP contribution < -0.4 is 5.32 Å². The van der Waals surface area contributed by atoms with E-state index < -0.39 is 10.8 Å². The minimum atomic E-state index is -1.06. The number of nitrogens with zero attached hydrogens (tertiary/aromatic N) is 1. The molecule has 2 atom stereocenters. The SMILES string of the molecule is CCCNC(CC)CS(=O)CC(=O)N(CC)CC. The van der Waals surface area contributed by atoms with Crippen LogP contribution >= 0.6 is 0 Å². The summed E-state index contributed by atoms with van der Waals surface area (Å²) in [6.45, 7) is 10.4. The van der Waals surface area contributed by atoms with Crippen molar-refractivity contribution in [1.82, 2.24) is 10.2 Å². The molecular weight excluding hydrogens is 248 g/mol. The maximum atomic E-state index is 11.9. The Morgan fingerprint density at radius 1 is 1.22 bits per heavy atom. The van der Waals surface area contributed by atoms with Crippen LogP contribution in [0, 0.1) is 0 Å². The minimum Gasteiger partial charge on any atom is -0.342 e. The fourth-order valence-corrected chi connectivity index (χ4v) is 3.14. The molecule has 0 saturated heterocycles. The molecule has 0 aromatic heterocycles. The van der Waals surface area contributed by atoms with Crippen LogP contribution in [0.3, 0.4) is 0 Å². The number of nitrogens with one attached hydrogen (secondary N) is 1. The lowest BCUT2D eigenvalue weighted by Crippen LogP contribution is -2.38. The summed E-state index contributed by atoms with van der Waals surface area (Å²) in [7, 11) is -1.06. The molecule has 0 rings (SSSR count). The largest absolute Gasteiger partial charge is 0.342 e. The Morgan fingerprint density at radius 3 is 2.28 bits per heavy atom. The molecule has 108 valence electrons. The van der Waals surface area contributed by atoms with Crippen molar-refractivity contribution in [1.29, 1.82) is 0 Å². The molecule has 0 radical (unpaired) electrons. The third kappa shape index (κ3) is 7.11. The molecule has 0 fully saturated rings. The van der Waals surface area contributed by atoms with Gasteiger partial charge < -0.3 is 10.2 Å². The Balaban J connectivity index is 4.11. The molecule has 0 bridgehead atoms. The molecule has 4 nitrogen and oxygen atoms in total. The first-order chi connectivity index (χ1) is 8.58. The van der Waals surface area contributed by atoms with E-state index in [0.29, 0.717) is 18.8 Å². The van der Waals surface area contributed by atoms with Crippen molar-refractivity contribution >= 4 is 16.7 Å². The fraction of sp³-hybridized carbons (Fsp3) is 0.923. The maximum Gasteiger partial charge on any atom is 0.235 e. The Bertz CT molecular complexity index is 255. The van der Waals surface area contributed by atoms with Gasteiger partial charge in [-0.2, -0.15) is 0 Å². The topological polar surface area (TPSA) is 49.4 Å². The second-order valence-electron chi connectivity index (χ2n) is 4.38. The van der Waals surface area contributed by atoms with Crippen LogP contribution in [0.5, 0.6) is 0 Å². The molecule has 2 unspecified atom stereocenters. The zero-order valence-corrected chi connectivity index (χ0v) is 13.0. The van der Waals surface area contributed by atoms with E-state index in [0.717, 1.165) is 19.4 Å². The number of carbonyl (C=O) groups is 1. The van der Waals surface area contributed by atoms with Crippen LogP contribution in [0.4, 0.5) is 0 Å². The summed E-state index contributed by atoms with van der Waals surface area (Å²) >= 11 is 0. The van der Waals surface area contributed by atoms with Crippen molar-refractivity contribution in [2.45, 2.75) is 46.6 Å². The van der Waals surface area contributed by atoms with E-state index in [9.17, 15) is 9.00 Å². The lowest BCUT2D eigenvalue weighted by Gasteiger charge is -2.20. The first kappa shape index (κ1) is 17.6.